The van der Waals surface area contributed by atoms with Crippen LogP contribution in [0, 0.1) is 6.92 Å². The van der Waals surface area contributed by atoms with Gasteiger partial charge in [0.25, 0.3) is 0 Å². The molecule has 0 aliphatic carbocycles. The van der Waals surface area contributed by atoms with Crippen LogP contribution in [-0.2, 0) is 6.54 Å². The topological polar surface area (TPSA) is 20.7 Å². The fourth-order valence-electron chi connectivity index (χ4n) is 1.58. The molecule has 2 heteroatoms. The number of rotatable bonds is 2. The van der Waals surface area contributed by atoms with Crippen LogP contribution in [0.15, 0.2) is 30.6 Å². The highest BCUT2D eigenvalue weighted by molar-refractivity contribution is 5.56. The van der Waals surface area contributed by atoms with Crippen LogP contribution in [0.3, 0.4) is 0 Å². The van der Waals surface area contributed by atoms with E-state index in [0.717, 1.165) is 6.54 Å². The van der Waals surface area contributed by atoms with Crippen molar-refractivity contribution in [3.05, 3.63) is 36.2 Å². The molecule has 0 bridgehead atoms. The molecule has 0 atom stereocenters. The highest BCUT2D eigenvalue weighted by Crippen LogP contribution is 2.19. The Morgan fingerprint density at radius 1 is 1.46 bits per heavy atom. The SMILES string of the molecule is CCn1cccc1-c1cc(C)c[nH]1. The van der Waals surface area contributed by atoms with E-state index in [-0.39, 0.29) is 0 Å². The lowest BCUT2D eigenvalue weighted by atomic mass is 10.3. The predicted molar refractivity (Wildman–Crippen MR) is 54.6 cm³/mol. The molecule has 2 nitrogen and oxygen atoms in total. The highest BCUT2D eigenvalue weighted by atomic mass is 15.0. The molecule has 2 heterocycles. The first-order valence-electron chi connectivity index (χ1n) is 4.62. The number of hydrogen-bond acceptors (Lipinski definition) is 0. The van der Waals surface area contributed by atoms with Gasteiger partial charge < -0.3 is 9.55 Å². The molecule has 0 saturated carbocycles. The predicted octanol–water partition coefficient (Wildman–Crippen LogP) is 2.81. The molecule has 68 valence electrons. The van der Waals surface area contributed by atoms with Gasteiger partial charge in [-0.2, -0.15) is 0 Å². The summed E-state index contributed by atoms with van der Waals surface area (Å²) < 4.78 is 2.23. The monoisotopic (exact) mass is 174 g/mol. The van der Waals surface area contributed by atoms with Crippen molar-refractivity contribution in [2.45, 2.75) is 20.4 Å². The van der Waals surface area contributed by atoms with E-state index in [4.69, 9.17) is 0 Å². The molecule has 0 amide bonds. The molecule has 0 spiro atoms. The smallest absolute Gasteiger partial charge is 0.0645 e. The number of aromatic amines is 1. The summed E-state index contributed by atoms with van der Waals surface area (Å²) in [5.74, 6) is 0. The highest BCUT2D eigenvalue weighted by Gasteiger charge is 2.03. The summed E-state index contributed by atoms with van der Waals surface area (Å²) in [5.41, 5.74) is 3.74. The lowest BCUT2D eigenvalue weighted by Gasteiger charge is -2.03. The molecular formula is C11H14N2. The zero-order valence-electron chi connectivity index (χ0n) is 8.04. The minimum atomic E-state index is 1.01. The lowest BCUT2D eigenvalue weighted by Crippen LogP contribution is -1.94. The Balaban J connectivity index is 2.45. The molecule has 2 rings (SSSR count). The Hall–Kier alpha value is -1.44. The van der Waals surface area contributed by atoms with Crippen LogP contribution in [0.1, 0.15) is 12.5 Å². The number of nitrogens with one attached hydrogen (secondary N) is 1. The average Bonchev–Trinajstić information content (AvgIpc) is 2.71. The Kier molecular flexibility index (Phi) is 1.97. The summed E-state index contributed by atoms with van der Waals surface area (Å²) in [6.07, 6.45) is 4.13. The molecule has 13 heavy (non-hydrogen) atoms. The zero-order chi connectivity index (χ0) is 9.26. The Bertz CT molecular complexity index is 396. The van der Waals surface area contributed by atoms with Gasteiger partial charge in [0.05, 0.1) is 11.4 Å². The zero-order valence-corrected chi connectivity index (χ0v) is 8.04. The van der Waals surface area contributed by atoms with Crippen molar-refractivity contribution < 1.29 is 0 Å². The maximum Gasteiger partial charge on any atom is 0.0645 e. The second-order valence-corrected chi connectivity index (χ2v) is 3.27. The summed E-state index contributed by atoms with van der Waals surface area (Å²) in [4.78, 5) is 3.26. The van der Waals surface area contributed by atoms with E-state index in [9.17, 15) is 0 Å². The van der Waals surface area contributed by atoms with Crippen molar-refractivity contribution in [2.75, 3.05) is 0 Å². The molecule has 2 aromatic heterocycles. The molecule has 1 N–H and O–H groups in total. The summed E-state index contributed by atoms with van der Waals surface area (Å²) in [5, 5.41) is 0. The Morgan fingerprint density at radius 3 is 2.92 bits per heavy atom. The first-order chi connectivity index (χ1) is 6.31. The summed E-state index contributed by atoms with van der Waals surface area (Å²) in [6, 6.07) is 6.38. The van der Waals surface area contributed by atoms with Crippen molar-refractivity contribution in [3.8, 4) is 11.4 Å². The van der Waals surface area contributed by atoms with Crippen LogP contribution in [0.5, 0.6) is 0 Å². The van der Waals surface area contributed by atoms with E-state index in [1.807, 2.05) is 6.20 Å². The second kappa shape index (κ2) is 3.13. The quantitative estimate of drug-likeness (QED) is 0.722. The van der Waals surface area contributed by atoms with Gasteiger partial charge in [0, 0.05) is 18.9 Å². The van der Waals surface area contributed by atoms with Crippen LogP contribution in [-0.4, -0.2) is 9.55 Å². The molecule has 2 aromatic rings. The normalized spacial score (nSPS) is 10.6. The van der Waals surface area contributed by atoms with Gasteiger partial charge in [0.1, 0.15) is 0 Å². The first-order valence-corrected chi connectivity index (χ1v) is 4.62. The molecular weight excluding hydrogens is 160 g/mol. The van der Waals surface area contributed by atoms with Crippen LogP contribution in [0.25, 0.3) is 11.4 Å². The summed E-state index contributed by atoms with van der Waals surface area (Å²) in [6.45, 7) is 5.26. The van der Waals surface area contributed by atoms with Crippen LogP contribution in [0.4, 0.5) is 0 Å². The van der Waals surface area contributed by atoms with Gasteiger partial charge >= 0.3 is 0 Å². The third-order valence-corrected chi connectivity index (χ3v) is 2.27. The average molecular weight is 174 g/mol. The number of hydrogen-bond donors (Lipinski definition) is 1. The van der Waals surface area contributed by atoms with Crippen LogP contribution in [0.2, 0.25) is 0 Å². The molecule has 0 aliphatic rings. The van der Waals surface area contributed by atoms with Crippen molar-refractivity contribution >= 4 is 0 Å². The van der Waals surface area contributed by atoms with Crippen LogP contribution < -0.4 is 0 Å². The van der Waals surface area contributed by atoms with Crippen molar-refractivity contribution in [2.24, 2.45) is 0 Å². The standard InChI is InChI=1S/C11H14N2/c1-3-13-6-4-5-11(13)10-7-9(2)8-12-10/h4-8,12H,3H2,1-2H3. The van der Waals surface area contributed by atoms with Gasteiger partial charge in [-0.05, 0) is 37.6 Å². The van der Waals surface area contributed by atoms with E-state index in [1.165, 1.54) is 17.0 Å². The van der Waals surface area contributed by atoms with Crippen molar-refractivity contribution in [3.63, 3.8) is 0 Å². The number of aromatic nitrogens is 2. The molecule has 0 saturated heterocycles. The third-order valence-electron chi connectivity index (χ3n) is 2.27. The fourth-order valence-corrected chi connectivity index (χ4v) is 1.58. The largest absolute Gasteiger partial charge is 0.360 e. The Morgan fingerprint density at radius 2 is 2.31 bits per heavy atom. The van der Waals surface area contributed by atoms with E-state index >= 15 is 0 Å². The van der Waals surface area contributed by atoms with Gasteiger partial charge in [-0.25, -0.2) is 0 Å². The maximum absolute atomic E-state index is 3.26. The van der Waals surface area contributed by atoms with Crippen molar-refractivity contribution in [1.29, 1.82) is 0 Å². The minimum Gasteiger partial charge on any atom is -0.360 e. The first kappa shape index (κ1) is 8.17. The van der Waals surface area contributed by atoms with E-state index in [0.29, 0.717) is 0 Å². The minimum absolute atomic E-state index is 1.01. The number of nitrogens with zero attached hydrogens (tertiary/aromatic N) is 1. The van der Waals surface area contributed by atoms with E-state index < -0.39 is 0 Å². The second-order valence-electron chi connectivity index (χ2n) is 3.27. The number of aryl methyl sites for hydroxylation is 2. The van der Waals surface area contributed by atoms with Gasteiger partial charge in [-0.3, -0.25) is 0 Å². The van der Waals surface area contributed by atoms with Gasteiger partial charge in [-0.1, -0.05) is 0 Å². The van der Waals surface area contributed by atoms with Gasteiger partial charge in [-0.15, -0.1) is 0 Å². The number of H-pyrrole nitrogens is 1. The Labute approximate surface area is 78.2 Å². The molecule has 0 aliphatic heterocycles. The van der Waals surface area contributed by atoms with Gasteiger partial charge in [0.2, 0.25) is 0 Å². The van der Waals surface area contributed by atoms with E-state index in [2.05, 4.69) is 47.8 Å². The van der Waals surface area contributed by atoms with E-state index in [1.54, 1.807) is 0 Å². The maximum atomic E-state index is 3.26. The molecule has 0 radical (unpaired) electrons. The molecule has 0 aromatic carbocycles. The lowest BCUT2D eigenvalue weighted by molar-refractivity contribution is 0.775. The van der Waals surface area contributed by atoms with Crippen molar-refractivity contribution in [1.82, 2.24) is 9.55 Å². The third kappa shape index (κ3) is 1.39. The van der Waals surface area contributed by atoms with Gasteiger partial charge in [0.15, 0.2) is 0 Å². The molecule has 0 fully saturated rings. The fraction of sp³-hybridized carbons (Fsp3) is 0.273. The summed E-state index contributed by atoms with van der Waals surface area (Å²) >= 11 is 0. The summed E-state index contributed by atoms with van der Waals surface area (Å²) in [7, 11) is 0. The molecule has 0 unspecified atom stereocenters. The van der Waals surface area contributed by atoms with Crippen LogP contribution >= 0.6 is 0 Å².